The topological polar surface area (TPSA) is 915 Å². The Morgan fingerprint density at radius 3 is 0.874 bits per heavy atom. The Labute approximate surface area is 765 Å². The average molecular weight is 2060 g/mol. The zero-order valence-electron chi connectivity index (χ0n) is 68.4. The molecule has 0 bridgehead atoms. The number of nitrogens with one attached hydrogen (secondary N) is 6. The van der Waals surface area contributed by atoms with Crippen LogP contribution in [0.1, 0.15) is 37.4 Å². The van der Waals surface area contributed by atoms with Gasteiger partial charge in [-0.05, 0) is 23.6 Å². The molecule has 29 N–H and O–H groups in total. The van der Waals surface area contributed by atoms with Crippen LogP contribution in [-0.4, -0.2) is 322 Å². The Morgan fingerprint density at radius 2 is 0.578 bits per heavy atom. The zero-order valence-corrected chi connectivity index (χ0v) is 76.3. The predicted molar refractivity (Wildman–Crippen MR) is 467 cm³/mol. The molecule has 0 amide bonds. The van der Waals surface area contributed by atoms with E-state index in [4.69, 9.17) is 114 Å². The molecule has 12 aromatic rings. The molecule has 30 atom stereocenters. The van der Waals surface area contributed by atoms with Gasteiger partial charge < -0.3 is 132 Å². The van der Waals surface area contributed by atoms with E-state index in [-0.39, 0.29) is 121 Å². The van der Waals surface area contributed by atoms with E-state index in [0.717, 1.165) is 0 Å². The second kappa shape index (κ2) is 36.0. The van der Waals surface area contributed by atoms with Gasteiger partial charge in [-0.15, -0.1) is 0 Å². The van der Waals surface area contributed by atoms with Gasteiger partial charge >= 0.3 is 23.2 Å². The first kappa shape index (κ1) is 95.0. The lowest BCUT2D eigenvalue weighted by atomic mass is 10.0. The van der Waals surface area contributed by atoms with E-state index in [9.17, 15) is 87.8 Å². The third-order valence-corrected chi connectivity index (χ3v) is 33.7. The van der Waals surface area contributed by atoms with Crippen LogP contribution >= 0.6 is 55.0 Å². The number of thiol groups is 1. The van der Waals surface area contributed by atoms with Gasteiger partial charge in [-0.2, -0.15) is 15.0 Å². The smallest absolute Gasteiger partial charge is 0.388 e. The quantitative estimate of drug-likeness (QED) is 0.0544. The van der Waals surface area contributed by atoms with Crippen LogP contribution in [0.5, 0.6) is 0 Å². The Hall–Kier alpha value is -8.97. The molecule has 0 saturated carbocycles. The van der Waals surface area contributed by atoms with E-state index in [2.05, 4.69) is 117 Å². The molecular formula is C63H81N33O30P6S3. The van der Waals surface area contributed by atoms with Crippen molar-refractivity contribution in [2.24, 2.45) is 17.8 Å². The van der Waals surface area contributed by atoms with E-state index in [1.807, 2.05) is 0 Å². The number of nitrogen functional groups attached to an aromatic ring is 6. The first-order valence-corrected chi connectivity index (χ1v) is 53.5. The van der Waals surface area contributed by atoms with E-state index < -0.39 is 245 Å². The first-order valence-electron chi connectivity index (χ1n) is 40.1. The number of hydrogen-bond acceptors (Lipinski definition) is 48. The van der Waals surface area contributed by atoms with E-state index in [0.29, 0.717) is 0 Å². The van der Waals surface area contributed by atoms with Gasteiger partial charge in [-0.25, -0.2) is 88.8 Å². The zero-order chi connectivity index (χ0) is 95.5. The number of aliphatic hydroxyl groups is 6. The molecular weight excluding hydrogens is 1980 g/mol. The number of nitrogens with zero attached hydrogens (tertiary/aromatic N) is 21. The summed E-state index contributed by atoms with van der Waals surface area (Å²) in [6, 6.07) is -3.85. The van der Waals surface area contributed by atoms with Gasteiger partial charge in [0.1, 0.15) is 90.5 Å². The minimum atomic E-state index is -4.75. The molecule has 9 aliphatic rings. The third-order valence-electron chi connectivity index (χ3n) is 23.7. The number of rotatable bonds is 6. The summed E-state index contributed by atoms with van der Waals surface area (Å²) in [7, 11) is -14.1. The Kier molecular flexibility index (Phi) is 25.4. The summed E-state index contributed by atoms with van der Waals surface area (Å²) >= 11 is 15.1. The predicted octanol–water partition coefficient (Wildman–Crippen LogP) is -6.19. The van der Waals surface area contributed by atoms with E-state index in [1.165, 1.54) is 84.3 Å². The maximum absolute atomic E-state index is 13.6. The lowest BCUT2D eigenvalue weighted by Gasteiger charge is -2.30. The minimum absolute atomic E-state index is 0.00924. The molecule has 0 aromatic carbocycles. The average Bonchev–Trinajstić information content (AvgIpc) is 1.65. The largest absolute Gasteiger partial charge is 0.403 e. The number of aliphatic hydroxyl groups excluding tert-OH is 6. The van der Waals surface area contributed by atoms with Crippen molar-refractivity contribution in [2.75, 3.05) is 92.5 Å². The van der Waals surface area contributed by atoms with Gasteiger partial charge in [0.15, 0.2) is 118 Å². The number of H-pyrrole nitrogens is 3. The summed E-state index contributed by atoms with van der Waals surface area (Å²) in [6.45, 7) is -14.2. The van der Waals surface area contributed by atoms with Crippen LogP contribution in [0.4, 0.5) is 35.3 Å². The van der Waals surface area contributed by atoms with Crippen molar-refractivity contribution in [3.05, 3.63) is 88.0 Å². The molecule has 0 spiro atoms. The van der Waals surface area contributed by atoms with Crippen LogP contribution in [0, 0.1) is 17.8 Å². The van der Waals surface area contributed by atoms with Crippen LogP contribution < -0.4 is 66.3 Å². The van der Waals surface area contributed by atoms with Crippen LogP contribution in [-0.2, 0) is 97.4 Å². The van der Waals surface area contributed by atoms with Crippen molar-refractivity contribution in [3.63, 3.8) is 0 Å². The van der Waals surface area contributed by atoms with Gasteiger partial charge in [0.25, 0.3) is 23.2 Å². The molecule has 6 unspecified atom stereocenters. The lowest BCUT2D eigenvalue weighted by molar-refractivity contribution is -0.0479. The number of anilines is 6. The molecule has 12 aromatic heterocycles. The number of fused-ring (bicyclic) bond motifs is 12. The van der Waals surface area contributed by atoms with Crippen LogP contribution in [0.3, 0.4) is 0 Å². The summed E-state index contributed by atoms with van der Waals surface area (Å²) in [6.07, 6.45) is -12.2. The summed E-state index contributed by atoms with van der Waals surface area (Å²) in [5.41, 5.74) is 34.1. The van der Waals surface area contributed by atoms with Gasteiger partial charge in [0, 0.05) is 36.2 Å². The SMILES string of the molecule is Nc1nc2c(ncn2[C@@H]2O[C@@H]3COP(=O)(O)N[C@H]4[C@@H](O)[C@H](n5cnc6c(=O)[nH]c(N)nc65)O[C@@H]4COP(=O)(S)C[C@H]3[C@H]2O)c(=O)[nH]1.Nc1nc2c(ncn2[C@@H]2O[C@@H]3COP(=O)(O)N[C@H]4[C@@H](O)[C@H](n5cnc6c(N)ncnc65)O[C@@H]4COP(O)(=S)C[C@H]3[C@H]2O)c(=O)[nH]1.Nc1ncnc2c1ncn2[C@@H]1O[C@@H]2COP(=O)(O)N[C@H]3[C@@H](O)[C@H](n4cnc5c(N)ncnc54)O[C@@H]3COP(O)(=S)C[C@H]2[C@H]1O. The van der Waals surface area contributed by atoms with Gasteiger partial charge in [0.2, 0.25) is 17.8 Å². The molecule has 21 rings (SSSR count). The molecule has 726 valence electrons. The van der Waals surface area contributed by atoms with Crippen LogP contribution in [0.25, 0.3) is 67.0 Å². The molecule has 72 heteroatoms. The number of aromatic nitrogens is 24. The monoisotopic (exact) mass is 2060 g/mol. The lowest BCUT2D eigenvalue weighted by Crippen LogP contribution is -2.45. The molecule has 9 saturated heterocycles. The van der Waals surface area contributed by atoms with Crippen LogP contribution in [0.2, 0.25) is 0 Å². The Bertz CT molecular complexity index is 6850. The number of hydrogen-bond donors (Lipinski definition) is 24. The maximum atomic E-state index is 13.6. The highest BCUT2D eigenvalue weighted by molar-refractivity contribution is 8.46. The highest BCUT2D eigenvalue weighted by atomic mass is 32.7. The van der Waals surface area contributed by atoms with Crippen LogP contribution in [0.15, 0.2) is 71.3 Å². The molecule has 9 aliphatic heterocycles. The van der Waals surface area contributed by atoms with Gasteiger partial charge in [0.05, 0.1) is 114 Å². The fraction of sp³-hybridized carbons (Fsp3) is 0.524. The standard InChI is InChI=1S/C21H27N11O11P2S.C21H27N11O10P2S.C21H27N11O9P2S/c22-20-26-14-10(16(35)28-20)24-4-31(14)18-12(33)6-3-44(37,46)40-2-8-9(30-45(38,39)41-1-7(6)42-18)13(34)19(43-8)32-5-25-11-15(32)27-21(23)29-17(11)36;22-15-11-16(25-4-24-15)31(5-26-11)20-14(34)10-9(42-20)2-39-43(36,45)3-7-8(1-40-44(37,38)30-10)41-19(13(7)33)32-6-27-12-17(32)28-21(23)29-18(12)35;22-16-12-18(26-4-24-16)31(6-28-12)20-14(33)8-3-42(35,44)38-2-10-11(30-43(36,37)39-1-9(8)40-20)15(34)21(41-10)32-7-29-13-17(23)25-5-27-19(13)32/h4-9,12-13,18-19,33-34H,1-3H2,(H,37,46)(H2,30,38,39)(H3,22,26,28,35)(H3,23,27,29,36);4-10,13-14,19-20,33-34H,1-3H2,(H,36,45)(H2,22,24,25)(H2,30,37,38)(H3,23,28,29,35);4-11,14-15,20-21,33-34H,1-3H2,(H,35,44)(H2,22,24,26)(H2,23,25,27)(H2,30,36,37)/t6-,7-,8-,9-,12-,13-,18-,19-,44?;7-,8-,9-,10-,13-,14-,19-,20-,43?;8-,9-,10-,11-,14-,15-,20-,21-,42?/m111/s1. The normalized spacial score (nSPS) is 37.7. The van der Waals surface area contributed by atoms with E-state index >= 15 is 0 Å². The first-order chi connectivity index (χ1) is 63.9. The molecule has 21 heterocycles. The van der Waals surface area contributed by atoms with Crippen molar-refractivity contribution >= 4 is 181 Å². The van der Waals surface area contributed by atoms with Crippen molar-refractivity contribution in [2.45, 2.75) is 129 Å². The van der Waals surface area contributed by atoms with E-state index in [1.54, 1.807) is 0 Å². The number of aromatic amines is 3. The highest BCUT2D eigenvalue weighted by Gasteiger charge is 2.57. The Balaban J connectivity index is 0.000000130. The van der Waals surface area contributed by atoms with Gasteiger partial charge in [-0.3, -0.25) is 74.9 Å². The van der Waals surface area contributed by atoms with Gasteiger partial charge in [-0.1, -0.05) is 12.2 Å². The third kappa shape index (κ3) is 18.4. The minimum Gasteiger partial charge on any atom is -0.388 e. The van der Waals surface area contributed by atoms with Crippen molar-refractivity contribution < 1.29 is 129 Å². The number of imidazole rings is 6. The fourth-order valence-electron chi connectivity index (χ4n) is 17.3. The second-order valence-corrected chi connectivity index (χ2v) is 47.8. The highest BCUT2D eigenvalue weighted by Crippen LogP contribution is 2.59. The summed E-state index contributed by atoms with van der Waals surface area (Å²) < 4.78 is 131. The Morgan fingerprint density at radius 1 is 0.333 bits per heavy atom. The van der Waals surface area contributed by atoms with Crippen molar-refractivity contribution in [1.29, 1.82) is 0 Å². The molecule has 63 nitrogen and oxygen atoms in total. The summed E-state index contributed by atoms with van der Waals surface area (Å²) in [4.78, 5) is 159. The number of ether oxygens (including phenoxy) is 6. The molecule has 9 fully saturated rings. The molecule has 0 aliphatic carbocycles. The van der Waals surface area contributed by atoms with Crippen molar-refractivity contribution in [3.8, 4) is 0 Å². The summed E-state index contributed by atoms with van der Waals surface area (Å²) in [5, 5.41) is 75.0. The molecule has 0 radical (unpaired) electrons. The number of nitrogens with two attached hydrogens (primary N) is 6. The maximum Gasteiger partial charge on any atom is 0.403 e. The molecule has 135 heavy (non-hydrogen) atoms. The summed E-state index contributed by atoms with van der Waals surface area (Å²) in [5.74, 6) is -3.20. The second-order valence-electron chi connectivity index (χ2n) is 32.2. The van der Waals surface area contributed by atoms with Crippen molar-refractivity contribution in [1.82, 2.24) is 132 Å². The fourth-order valence-corrected chi connectivity index (χ4v) is 27.3.